The fraction of sp³-hybridized carbons (Fsp3) is 0.303. The summed E-state index contributed by atoms with van der Waals surface area (Å²) in [6, 6.07) is 16.3. The summed E-state index contributed by atoms with van der Waals surface area (Å²) < 4.78 is 63.8. The first-order valence-corrected chi connectivity index (χ1v) is 15.8. The molecule has 4 rings (SSSR count). The van der Waals surface area contributed by atoms with Gasteiger partial charge in [0, 0.05) is 12.7 Å². The van der Waals surface area contributed by atoms with Gasteiger partial charge in [-0.3, -0.25) is 5.43 Å². The van der Waals surface area contributed by atoms with Gasteiger partial charge < -0.3 is 23.7 Å². The minimum atomic E-state index is -4.77. The topological polar surface area (TPSA) is 131 Å². The molecule has 12 nitrogen and oxygen atoms in total. The molecule has 260 valence electrons. The number of amidine groups is 1. The van der Waals surface area contributed by atoms with Crippen LogP contribution in [0.4, 0.5) is 18.9 Å². The van der Waals surface area contributed by atoms with E-state index in [9.17, 15) is 18.0 Å². The van der Waals surface area contributed by atoms with Crippen molar-refractivity contribution in [1.29, 1.82) is 0 Å². The molecule has 0 saturated heterocycles. The Morgan fingerprint density at radius 1 is 1.02 bits per heavy atom. The monoisotopic (exact) mass is 700 g/mol. The second-order valence-corrected chi connectivity index (χ2v) is 11.2. The van der Waals surface area contributed by atoms with Crippen molar-refractivity contribution in [3.05, 3.63) is 83.7 Å². The Bertz CT molecular complexity index is 1720. The number of aliphatic imine (C=N–C) groups is 1. The van der Waals surface area contributed by atoms with E-state index in [2.05, 4.69) is 25.3 Å². The molecule has 1 heterocycles. The predicted molar refractivity (Wildman–Crippen MR) is 180 cm³/mol. The van der Waals surface area contributed by atoms with Gasteiger partial charge in [0.2, 0.25) is 0 Å². The van der Waals surface area contributed by atoms with Gasteiger partial charge in [-0.1, -0.05) is 24.3 Å². The van der Waals surface area contributed by atoms with Crippen molar-refractivity contribution in [3.8, 4) is 28.6 Å². The molecule has 0 saturated carbocycles. The predicted octanol–water partition coefficient (Wildman–Crippen LogP) is 6.35. The van der Waals surface area contributed by atoms with E-state index < -0.39 is 18.4 Å². The summed E-state index contributed by atoms with van der Waals surface area (Å²) in [4.78, 5) is 21.4. The average Bonchev–Trinajstić information content (AvgIpc) is 3.56. The molecule has 1 aromatic heterocycles. The second-order valence-electron chi connectivity index (χ2n) is 10.3. The van der Waals surface area contributed by atoms with Crippen LogP contribution in [0.5, 0.6) is 11.5 Å². The largest absolute Gasteiger partial charge is 0.573 e. The molecule has 0 aliphatic rings. The summed E-state index contributed by atoms with van der Waals surface area (Å²) in [5, 5.41) is 9.16. The smallest absolute Gasteiger partial charge is 0.497 e. The lowest BCUT2D eigenvalue weighted by Crippen LogP contribution is -2.25. The lowest BCUT2D eigenvalue weighted by molar-refractivity contribution is -0.274. The van der Waals surface area contributed by atoms with Crippen molar-refractivity contribution in [2.45, 2.75) is 33.2 Å². The number of hydrazone groups is 1. The third-order valence-corrected chi connectivity index (χ3v) is 7.36. The number of nitrogens with zero attached hydrogens (tertiary/aromatic N) is 5. The van der Waals surface area contributed by atoms with Crippen molar-refractivity contribution in [2.24, 2.45) is 10.1 Å². The quantitative estimate of drug-likeness (QED) is 0.0396. The summed E-state index contributed by atoms with van der Waals surface area (Å²) in [6.45, 7) is 6.07. The maximum Gasteiger partial charge on any atom is 0.573 e. The second kappa shape index (κ2) is 17.5. The number of aromatic nitrogens is 3. The van der Waals surface area contributed by atoms with Gasteiger partial charge in [-0.25, -0.2) is 19.5 Å². The molecule has 0 radical (unpaired) electrons. The molecule has 1 unspecified atom stereocenters. The van der Waals surface area contributed by atoms with Gasteiger partial charge in [0.25, 0.3) is 0 Å². The number of methoxy groups -OCH3 is 2. The van der Waals surface area contributed by atoms with Crippen molar-refractivity contribution in [2.75, 3.05) is 33.4 Å². The number of alkyl halides is 3. The molecule has 0 amide bonds. The number of aryl methyl sites for hydroxylation is 2. The van der Waals surface area contributed by atoms with Crippen LogP contribution < -0.4 is 14.9 Å². The maximum atomic E-state index is 12.5. The van der Waals surface area contributed by atoms with E-state index >= 15 is 0 Å². The lowest BCUT2D eigenvalue weighted by atomic mass is 10.1. The fourth-order valence-electron chi connectivity index (χ4n) is 4.24. The number of halogens is 3. The number of thioether (sulfide) groups is 1. The standard InChI is InChI=1S/C33H35F3N6O6S/c1-21-16-28(45-5)17-22(2)29(21)39-32(49-20-47-31(43)23(3)46-15-14-44-4)40-38-18-24-6-8-25(9-7-24)30-37-19-42(41-30)26-10-12-27(13-11-26)48-33(34,35)36/h6-13,16-19,23H,14-15,20H2,1-5H3,(H,39,40)/b38-18+. The molecule has 4 aromatic rings. The minimum absolute atomic E-state index is 0.0355. The van der Waals surface area contributed by atoms with Crippen molar-refractivity contribution in [1.82, 2.24) is 20.2 Å². The van der Waals surface area contributed by atoms with Gasteiger partial charge in [0.1, 0.15) is 23.8 Å². The van der Waals surface area contributed by atoms with E-state index in [-0.39, 0.29) is 18.3 Å². The summed E-state index contributed by atoms with van der Waals surface area (Å²) in [6.07, 6.45) is -2.46. The Balaban J connectivity index is 1.42. The number of carbonyl (C=O) groups excluding carboxylic acids is 1. The summed E-state index contributed by atoms with van der Waals surface area (Å²) in [5.41, 5.74) is 7.41. The van der Waals surface area contributed by atoms with Gasteiger partial charge in [-0.2, -0.15) is 5.10 Å². The zero-order chi connectivity index (χ0) is 35.4. The number of hydrogen-bond donors (Lipinski definition) is 1. The Morgan fingerprint density at radius 3 is 2.35 bits per heavy atom. The molecule has 49 heavy (non-hydrogen) atoms. The first-order chi connectivity index (χ1) is 23.5. The Morgan fingerprint density at radius 2 is 1.71 bits per heavy atom. The maximum absolute atomic E-state index is 12.5. The number of hydrogen-bond acceptors (Lipinski definition) is 11. The van der Waals surface area contributed by atoms with Gasteiger partial charge >= 0.3 is 12.3 Å². The van der Waals surface area contributed by atoms with Crippen LogP contribution in [0.2, 0.25) is 0 Å². The molecule has 0 aliphatic carbocycles. The Hall–Kier alpha value is -4.93. The Kier molecular flexibility index (Phi) is 13.1. The molecule has 0 fully saturated rings. The van der Waals surface area contributed by atoms with Gasteiger partial charge in [-0.15, -0.1) is 18.3 Å². The number of ether oxygens (including phenoxy) is 5. The first-order valence-electron chi connectivity index (χ1n) is 14.8. The number of carbonyl (C=O) groups is 1. The highest BCUT2D eigenvalue weighted by Crippen LogP contribution is 2.30. The van der Waals surface area contributed by atoms with Crippen LogP contribution in [0, 0.1) is 13.8 Å². The van der Waals surface area contributed by atoms with E-state index in [1.807, 2.05) is 50.2 Å². The van der Waals surface area contributed by atoms with Crippen LogP contribution in [-0.4, -0.2) is 78.0 Å². The van der Waals surface area contributed by atoms with Crippen molar-refractivity contribution < 1.29 is 41.7 Å². The minimum Gasteiger partial charge on any atom is -0.497 e. The number of esters is 1. The molecule has 1 N–H and O–H groups in total. The third kappa shape index (κ3) is 11.3. The third-order valence-electron chi connectivity index (χ3n) is 6.67. The van der Waals surface area contributed by atoms with Crippen LogP contribution >= 0.6 is 11.8 Å². The van der Waals surface area contributed by atoms with Gasteiger partial charge in [0.05, 0.1) is 37.9 Å². The molecule has 0 aliphatic heterocycles. The number of nitrogens with one attached hydrogen (secondary N) is 1. The van der Waals surface area contributed by atoms with Crippen LogP contribution in [0.15, 0.2) is 77.1 Å². The fourth-order valence-corrected chi connectivity index (χ4v) is 4.80. The van der Waals surface area contributed by atoms with Gasteiger partial charge in [0.15, 0.2) is 17.1 Å². The van der Waals surface area contributed by atoms with E-state index in [1.165, 1.54) is 35.3 Å². The number of rotatable bonds is 14. The van der Waals surface area contributed by atoms with E-state index in [4.69, 9.17) is 23.9 Å². The van der Waals surface area contributed by atoms with Crippen LogP contribution in [0.25, 0.3) is 17.1 Å². The molecular weight excluding hydrogens is 665 g/mol. The van der Waals surface area contributed by atoms with Crippen LogP contribution in [0.3, 0.4) is 0 Å². The van der Waals surface area contributed by atoms with Gasteiger partial charge in [-0.05, 0) is 85.6 Å². The highest BCUT2D eigenvalue weighted by molar-refractivity contribution is 8.13. The highest BCUT2D eigenvalue weighted by Gasteiger charge is 2.31. The molecule has 0 bridgehead atoms. The number of benzene rings is 3. The molecular formula is C33H35F3N6O6S. The summed E-state index contributed by atoms with van der Waals surface area (Å²) in [5.74, 6) is 0.248. The zero-order valence-corrected chi connectivity index (χ0v) is 28.2. The average molecular weight is 701 g/mol. The molecule has 0 spiro atoms. The Labute approximate surface area is 285 Å². The van der Waals surface area contributed by atoms with E-state index in [0.717, 1.165) is 34.1 Å². The van der Waals surface area contributed by atoms with Crippen molar-refractivity contribution in [3.63, 3.8) is 0 Å². The summed E-state index contributed by atoms with van der Waals surface area (Å²) >= 11 is 1.15. The van der Waals surface area contributed by atoms with Crippen molar-refractivity contribution >= 4 is 34.8 Å². The van der Waals surface area contributed by atoms with E-state index in [0.29, 0.717) is 34.6 Å². The van der Waals surface area contributed by atoms with Crippen LogP contribution in [0.1, 0.15) is 23.6 Å². The lowest BCUT2D eigenvalue weighted by Gasteiger charge is -2.13. The highest BCUT2D eigenvalue weighted by atomic mass is 32.2. The SMILES string of the molecule is COCCOC(C)C(=O)OCS/C(=N\c1c(C)cc(OC)cc1C)N/N=C/c1ccc(-c2ncn(-c3ccc(OC(F)(F)F)cc3)n2)cc1. The molecule has 16 heteroatoms. The van der Waals surface area contributed by atoms with E-state index in [1.54, 1.807) is 27.4 Å². The summed E-state index contributed by atoms with van der Waals surface area (Å²) in [7, 11) is 3.15. The molecule has 1 atom stereocenters. The van der Waals surface area contributed by atoms with Crippen LogP contribution in [-0.2, 0) is 19.0 Å². The first kappa shape index (κ1) is 36.9. The normalized spacial score (nSPS) is 12.6. The zero-order valence-electron chi connectivity index (χ0n) is 27.4. The molecule has 3 aromatic carbocycles.